The smallest absolute Gasteiger partial charge is 0.315 e. The van der Waals surface area contributed by atoms with Crippen LogP contribution in [0, 0.1) is 0 Å². The summed E-state index contributed by atoms with van der Waals surface area (Å²) < 4.78 is 23.4. The van der Waals surface area contributed by atoms with E-state index in [1.54, 1.807) is 0 Å². The third-order valence-corrected chi connectivity index (χ3v) is 2.05. The standard InChI is InChI=1S/C8H15F2N3O/c9-7(10)5-12-8(14)13-6-2-1-3-11-4-6/h6-7,11H,1-5H2,(H2,12,13,14)/t6-/m0/s1. The number of piperidine rings is 1. The molecule has 1 atom stereocenters. The van der Waals surface area contributed by atoms with Gasteiger partial charge in [-0.15, -0.1) is 0 Å². The highest BCUT2D eigenvalue weighted by molar-refractivity contribution is 5.74. The van der Waals surface area contributed by atoms with E-state index in [-0.39, 0.29) is 6.04 Å². The van der Waals surface area contributed by atoms with E-state index >= 15 is 0 Å². The topological polar surface area (TPSA) is 53.2 Å². The minimum atomic E-state index is -2.50. The molecular weight excluding hydrogens is 192 g/mol. The summed E-state index contributed by atoms with van der Waals surface area (Å²) in [5.74, 6) is 0. The van der Waals surface area contributed by atoms with Crippen molar-refractivity contribution in [2.45, 2.75) is 25.3 Å². The first-order valence-electron chi connectivity index (χ1n) is 4.71. The Morgan fingerprint density at radius 2 is 2.36 bits per heavy atom. The minimum absolute atomic E-state index is 0.0569. The molecule has 1 rings (SSSR count). The highest BCUT2D eigenvalue weighted by Crippen LogP contribution is 2.00. The fourth-order valence-electron chi connectivity index (χ4n) is 1.38. The van der Waals surface area contributed by atoms with Gasteiger partial charge >= 0.3 is 6.03 Å². The van der Waals surface area contributed by atoms with Crippen LogP contribution in [0.3, 0.4) is 0 Å². The average molecular weight is 207 g/mol. The second-order valence-electron chi connectivity index (χ2n) is 3.29. The number of nitrogens with one attached hydrogen (secondary N) is 3. The van der Waals surface area contributed by atoms with Gasteiger partial charge in [0.05, 0.1) is 6.54 Å². The van der Waals surface area contributed by atoms with Gasteiger partial charge in [0, 0.05) is 12.6 Å². The third kappa shape index (κ3) is 4.36. The van der Waals surface area contributed by atoms with Crippen molar-refractivity contribution in [3.63, 3.8) is 0 Å². The number of alkyl halides is 2. The zero-order valence-electron chi connectivity index (χ0n) is 7.85. The number of halogens is 2. The maximum Gasteiger partial charge on any atom is 0.315 e. The third-order valence-electron chi connectivity index (χ3n) is 2.05. The minimum Gasteiger partial charge on any atom is -0.334 e. The van der Waals surface area contributed by atoms with E-state index in [2.05, 4.69) is 16.0 Å². The number of carbonyl (C=O) groups excluding carboxylic acids is 1. The second kappa shape index (κ2) is 5.74. The maximum atomic E-state index is 11.7. The molecule has 82 valence electrons. The van der Waals surface area contributed by atoms with Gasteiger partial charge in [-0.05, 0) is 19.4 Å². The summed E-state index contributed by atoms with van der Waals surface area (Å²) in [6.07, 6.45) is -0.597. The molecule has 1 heterocycles. The van der Waals surface area contributed by atoms with Gasteiger partial charge in [-0.2, -0.15) is 0 Å². The number of amides is 2. The van der Waals surface area contributed by atoms with Gasteiger partial charge in [-0.1, -0.05) is 0 Å². The van der Waals surface area contributed by atoms with Gasteiger partial charge in [0.2, 0.25) is 0 Å². The van der Waals surface area contributed by atoms with E-state index in [0.29, 0.717) is 6.54 Å². The van der Waals surface area contributed by atoms with Gasteiger partial charge in [-0.25, -0.2) is 13.6 Å². The van der Waals surface area contributed by atoms with Crippen LogP contribution < -0.4 is 16.0 Å². The maximum absolute atomic E-state index is 11.7. The lowest BCUT2D eigenvalue weighted by Gasteiger charge is -2.23. The summed E-state index contributed by atoms with van der Waals surface area (Å²) in [6.45, 7) is 1.07. The number of hydrogen-bond donors (Lipinski definition) is 3. The lowest BCUT2D eigenvalue weighted by molar-refractivity contribution is 0.145. The zero-order valence-corrected chi connectivity index (χ0v) is 7.85. The lowest BCUT2D eigenvalue weighted by atomic mass is 10.1. The summed E-state index contributed by atoms with van der Waals surface area (Å²) in [6, 6.07) is -0.458. The lowest BCUT2D eigenvalue weighted by Crippen LogP contribution is -2.49. The van der Waals surface area contributed by atoms with E-state index in [1.165, 1.54) is 0 Å². The number of hydrogen-bond acceptors (Lipinski definition) is 2. The largest absolute Gasteiger partial charge is 0.334 e. The Hall–Kier alpha value is -0.910. The SMILES string of the molecule is O=C(NCC(F)F)N[C@H]1CCCNC1. The molecule has 0 bridgehead atoms. The average Bonchev–Trinajstić information content (AvgIpc) is 2.16. The molecule has 0 saturated carbocycles. The molecule has 3 N–H and O–H groups in total. The highest BCUT2D eigenvalue weighted by Gasteiger charge is 2.15. The van der Waals surface area contributed by atoms with Crippen molar-refractivity contribution in [2.75, 3.05) is 19.6 Å². The van der Waals surface area contributed by atoms with Crippen LogP contribution in [0.5, 0.6) is 0 Å². The summed E-state index contributed by atoms with van der Waals surface area (Å²) in [7, 11) is 0. The molecule has 2 amide bonds. The van der Waals surface area contributed by atoms with Crippen LogP contribution in [0.2, 0.25) is 0 Å². The van der Waals surface area contributed by atoms with Crippen molar-refractivity contribution in [1.29, 1.82) is 0 Å². The molecule has 14 heavy (non-hydrogen) atoms. The molecule has 4 nitrogen and oxygen atoms in total. The molecular formula is C8H15F2N3O. The summed E-state index contributed by atoms with van der Waals surface area (Å²) in [5, 5.41) is 7.84. The Morgan fingerprint density at radius 1 is 1.57 bits per heavy atom. The Bertz CT molecular complexity index is 183. The van der Waals surface area contributed by atoms with Crippen LogP contribution in [0.15, 0.2) is 0 Å². The molecule has 0 aromatic carbocycles. The van der Waals surface area contributed by atoms with Crippen molar-refractivity contribution in [2.24, 2.45) is 0 Å². The predicted molar refractivity (Wildman–Crippen MR) is 48.4 cm³/mol. The molecule has 0 spiro atoms. The van der Waals surface area contributed by atoms with E-state index in [1.807, 2.05) is 0 Å². The van der Waals surface area contributed by atoms with Crippen molar-refractivity contribution >= 4 is 6.03 Å². The predicted octanol–water partition coefficient (Wildman–Crippen LogP) is 0.303. The Morgan fingerprint density at radius 3 is 2.93 bits per heavy atom. The Labute approximate surface area is 81.4 Å². The monoisotopic (exact) mass is 207 g/mol. The summed E-state index contributed by atoms with van der Waals surface area (Å²) in [4.78, 5) is 11.0. The van der Waals surface area contributed by atoms with Crippen LogP contribution >= 0.6 is 0 Å². The van der Waals surface area contributed by atoms with Gasteiger partial charge in [0.15, 0.2) is 0 Å². The fraction of sp³-hybridized carbons (Fsp3) is 0.875. The fourth-order valence-corrected chi connectivity index (χ4v) is 1.38. The van der Waals surface area contributed by atoms with Crippen molar-refractivity contribution in [1.82, 2.24) is 16.0 Å². The molecule has 1 aliphatic heterocycles. The van der Waals surface area contributed by atoms with E-state index < -0.39 is 19.0 Å². The van der Waals surface area contributed by atoms with Crippen molar-refractivity contribution < 1.29 is 13.6 Å². The first kappa shape index (κ1) is 11.2. The first-order chi connectivity index (χ1) is 6.68. The highest BCUT2D eigenvalue weighted by atomic mass is 19.3. The first-order valence-corrected chi connectivity index (χ1v) is 4.71. The van der Waals surface area contributed by atoms with E-state index in [0.717, 1.165) is 19.4 Å². The van der Waals surface area contributed by atoms with Gasteiger partial charge in [0.1, 0.15) is 0 Å². The summed E-state index contributed by atoms with van der Waals surface area (Å²) in [5.41, 5.74) is 0. The second-order valence-corrected chi connectivity index (χ2v) is 3.29. The van der Waals surface area contributed by atoms with E-state index in [9.17, 15) is 13.6 Å². The summed E-state index contributed by atoms with van der Waals surface area (Å²) >= 11 is 0. The molecule has 1 aliphatic rings. The number of urea groups is 1. The molecule has 0 aromatic rings. The quantitative estimate of drug-likeness (QED) is 0.623. The number of carbonyl (C=O) groups is 1. The molecule has 6 heteroatoms. The molecule has 1 fully saturated rings. The molecule has 0 radical (unpaired) electrons. The molecule has 1 saturated heterocycles. The van der Waals surface area contributed by atoms with Crippen LogP contribution in [0.1, 0.15) is 12.8 Å². The van der Waals surface area contributed by atoms with Crippen LogP contribution in [0.4, 0.5) is 13.6 Å². The Kier molecular flexibility index (Phi) is 4.58. The molecule has 0 unspecified atom stereocenters. The van der Waals surface area contributed by atoms with E-state index in [4.69, 9.17) is 0 Å². The van der Waals surface area contributed by atoms with Crippen molar-refractivity contribution in [3.05, 3.63) is 0 Å². The van der Waals surface area contributed by atoms with Gasteiger partial charge in [-0.3, -0.25) is 0 Å². The zero-order chi connectivity index (χ0) is 10.4. The normalized spacial score (nSPS) is 22.1. The van der Waals surface area contributed by atoms with Gasteiger partial charge in [0.25, 0.3) is 6.43 Å². The van der Waals surface area contributed by atoms with Crippen LogP contribution in [0.25, 0.3) is 0 Å². The number of rotatable bonds is 3. The molecule has 0 aromatic heterocycles. The van der Waals surface area contributed by atoms with Crippen LogP contribution in [-0.4, -0.2) is 38.1 Å². The Balaban J connectivity index is 2.12. The molecule has 0 aliphatic carbocycles. The van der Waals surface area contributed by atoms with Crippen LogP contribution in [-0.2, 0) is 0 Å². The van der Waals surface area contributed by atoms with Crippen molar-refractivity contribution in [3.8, 4) is 0 Å². The van der Waals surface area contributed by atoms with Gasteiger partial charge < -0.3 is 16.0 Å².